The monoisotopic (exact) mass is 427 g/mol. The SMILES string of the molecule is CC(C)(C)NCc1cc(Nc2nc3cccnc3s2)nc(N[C@H]2CC[C@H](O)CC2)n1. The molecule has 30 heavy (non-hydrogen) atoms. The Labute approximate surface area is 180 Å². The Hall–Kier alpha value is -2.36. The number of fused-ring (bicyclic) bond motifs is 1. The van der Waals surface area contributed by atoms with Gasteiger partial charge in [0.1, 0.15) is 16.2 Å². The number of anilines is 3. The van der Waals surface area contributed by atoms with Crippen molar-refractivity contribution >= 4 is 38.6 Å². The highest BCUT2D eigenvalue weighted by Crippen LogP contribution is 2.27. The Kier molecular flexibility index (Phi) is 6.12. The lowest BCUT2D eigenvalue weighted by Crippen LogP contribution is -2.35. The number of aliphatic hydroxyl groups excluding tert-OH is 1. The molecule has 3 aromatic rings. The molecule has 0 saturated heterocycles. The second-order valence-corrected chi connectivity index (χ2v) is 9.77. The molecule has 4 N–H and O–H groups in total. The van der Waals surface area contributed by atoms with Crippen molar-refractivity contribution in [1.29, 1.82) is 0 Å². The fraction of sp³-hybridized carbons (Fsp3) is 0.524. The van der Waals surface area contributed by atoms with Gasteiger partial charge in [-0.05, 0) is 58.6 Å². The summed E-state index contributed by atoms with van der Waals surface area (Å²) in [6.07, 6.45) is 5.05. The first kappa shape index (κ1) is 20.9. The zero-order valence-electron chi connectivity index (χ0n) is 17.6. The molecular weight excluding hydrogens is 398 g/mol. The van der Waals surface area contributed by atoms with Crippen molar-refractivity contribution in [3.8, 4) is 0 Å². The van der Waals surface area contributed by atoms with Crippen molar-refractivity contribution in [2.75, 3.05) is 10.6 Å². The fourth-order valence-corrected chi connectivity index (χ4v) is 4.22. The molecule has 3 aromatic heterocycles. The fourth-order valence-electron chi connectivity index (χ4n) is 3.41. The number of nitrogens with one attached hydrogen (secondary N) is 3. The molecule has 1 aliphatic rings. The number of thiazole rings is 1. The highest BCUT2D eigenvalue weighted by atomic mass is 32.1. The van der Waals surface area contributed by atoms with Crippen LogP contribution < -0.4 is 16.0 Å². The minimum atomic E-state index is -0.184. The summed E-state index contributed by atoms with van der Waals surface area (Å²) in [6, 6.07) is 6.07. The first-order valence-corrected chi connectivity index (χ1v) is 11.2. The average Bonchev–Trinajstić information content (AvgIpc) is 3.10. The van der Waals surface area contributed by atoms with Gasteiger partial charge < -0.3 is 21.1 Å². The average molecular weight is 428 g/mol. The standard InChI is InChI=1S/C21H29N7OS/c1-21(2,3)23-12-14-11-17(28-20-26-16-5-4-10-22-18(16)30-20)27-19(25-14)24-13-6-8-15(29)9-7-13/h4-5,10-11,13,15,23,29H,6-9,12H2,1-3H3,(H2,24,25,26,27,28)/t13-,15-. The zero-order chi connectivity index (χ0) is 21.1. The third-order valence-corrected chi connectivity index (χ3v) is 5.90. The number of hydrogen-bond acceptors (Lipinski definition) is 9. The lowest BCUT2D eigenvalue weighted by atomic mass is 9.93. The van der Waals surface area contributed by atoms with Crippen molar-refractivity contribution in [3.63, 3.8) is 0 Å². The summed E-state index contributed by atoms with van der Waals surface area (Å²) in [5, 5.41) is 20.8. The lowest BCUT2D eigenvalue weighted by Gasteiger charge is -2.26. The molecule has 9 heteroatoms. The van der Waals surface area contributed by atoms with Crippen LogP contribution in [0.4, 0.5) is 16.9 Å². The van der Waals surface area contributed by atoms with E-state index in [2.05, 4.69) is 51.7 Å². The van der Waals surface area contributed by atoms with Crippen LogP contribution in [0, 0.1) is 0 Å². The van der Waals surface area contributed by atoms with E-state index in [0.717, 1.165) is 46.9 Å². The molecule has 0 unspecified atom stereocenters. The maximum atomic E-state index is 9.76. The highest BCUT2D eigenvalue weighted by molar-refractivity contribution is 7.21. The van der Waals surface area contributed by atoms with Gasteiger partial charge in [-0.1, -0.05) is 11.3 Å². The molecule has 0 atom stereocenters. The highest BCUT2D eigenvalue weighted by Gasteiger charge is 2.20. The molecule has 1 aliphatic carbocycles. The second-order valence-electron chi connectivity index (χ2n) is 8.79. The minimum absolute atomic E-state index is 0.00958. The number of aliphatic hydroxyl groups is 1. The van der Waals surface area contributed by atoms with Gasteiger partial charge in [-0.2, -0.15) is 4.98 Å². The lowest BCUT2D eigenvalue weighted by molar-refractivity contribution is 0.126. The first-order chi connectivity index (χ1) is 14.3. The van der Waals surface area contributed by atoms with E-state index >= 15 is 0 Å². The summed E-state index contributed by atoms with van der Waals surface area (Å²) < 4.78 is 0. The molecule has 0 amide bonds. The van der Waals surface area contributed by atoms with Crippen LogP contribution in [-0.2, 0) is 6.54 Å². The van der Waals surface area contributed by atoms with Gasteiger partial charge >= 0.3 is 0 Å². The number of aromatic nitrogens is 4. The van der Waals surface area contributed by atoms with Gasteiger partial charge in [0.05, 0.1) is 11.8 Å². The van der Waals surface area contributed by atoms with Crippen LogP contribution in [0.3, 0.4) is 0 Å². The van der Waals surface area contributed by atoms with Gasteiger partial charge in [-0.3, -0.25) is 0 Å². The predicted octanol–water partition coefficient (Wildman–Crippen LogP) is 3.83. The molecule has 1 fully saturated rings. The Morgan fingerprint density at radius 3 is 2.67 bits per heavy atom. The summed E-state index contributed by atoms with van der Waals surface area (Å²) in [5.74, 6) is 1.31. The Morgan fingerprint density at radius 1 is 1.13 bits per heavy atom. The van der Waals surface area contributed by atoms with E-state index < -0.39 is 0 Å². The van der Waals surface area contributed by atoms with Gasteiger partial charge in [0, 0.05) is 30.4 Å². The maximum absolute atomic E-state index is 9.76. The van der Waals surface area contributed by atoms with Crippen molar-refractivity contribution < 1.29 is 5.11 Å². The van der Waals surface area contributed by atoms with E-state index in [4.69, 9.17) is 4.98 Å². The van der Waals surface area contributed by atoms with Gasteiger partial charge in [0.2, 0.25) is 5.95 Å². The first-order valence-electron chi connectivity index (χ1n) is 10.4. The Morgan fingerprint density at radius 2 is 1.93 bits per heavy atom. The van der Waals surface area contributed by atoms with Crippen LogP contribution in [0.1, 0.15) is 52.1 Å². The summed E-state index contributed by atoms with van der Waals surface area (Å²) in [7, 11) is 0. The van der Waals surface area contributed by atoms with E-state index in [-0.39, 0.29) is 17.7 Å². The van der Waals surface area contributed by atoms with Crippen molar-refractivity contribution in [3.05, 3.63) is 30.1 Å². The van der Waals surface area contributed by atoms with Crippen molar-refractivity contribution in [2.24, 2.45) is 0 Å². The molecule has 4 rings (SSSR count). The van der Waals surface area contributed by atoms with Crippen LogP contribution >= 0.6 is 11.3 Å². The van der Waals surface area contributed by atoms with E-state index in [1.54, 1.807) is 6.20 Å². The van der Waals surface area contributed by atoms with Crippen molar-refractivity contribution in [2.45, 2.75) is 70.7 Å². The smallest absolute Gasteiger partial charge is 0.225 e. The van der Waals surface area contributed by atoms with Crippen LogP contribution in [0.5, 0.6) is 0 Å². The van der Waals surface area contributed by atoms with Gasteiger partial charge in [0.25, 0.3) is 0 Å². The molecule has 160 valence electrons. The molecule has 8 nitrogen and oxygen atoms in total. The normalized spacial score (nSPS) is 19.7. The summed E-state index contributed by atoms with van der Waals surface area (Å²) in [4.78, 5) is 19.2. The molecule has 0 spiro atoms. The van der Waals surface area contributed by atoms with E-state index in [1.807, 2.05) is 18.2 Å². The number of nitrogens with zero attached hydrogens (tertiary/aromatic N) is 4. The quantitative estimate of drug-likeness (QED) is 0.470. The van der Waals surface area contributed by atoms with Crippen LogP contribution in [0.15, 0.2) is 24.4 Å². The molecule has 1 saturated carbocycles. The summed E-state index contributed by atoms with van der Waals surface area (Å²) in [6.45, 7) is 7.04. The largest absolute Gasteiger partial charge is 0.393 e. The van der Waals surface area contributed by atoms with E-state index in [9.17, 15) is 5.11 Å². The van der Waals surface area contributed by atoms with Gasteiger partial charge in [-0.15, -0.1) is 0 Å². The Balaban J connectivity index is 1.55. The third-order valence-electron chi connectivity index (χ3n) is 5.01. The number of pyridine rings is 1. The molecule has 0 aliphatic heterocycles. The topological polar surface area (TPSA) is 108 Å². The van der Waals surface area contributed by atoms with E-state index in [0.29, 0.717) is 18.3 Å². The van der Waals surface area contributed by atoms with Gasteiger partial charge in [0.15, 0.2) is 5.13 Å². The van der Waals surface area contributed by atoms with Crippen LogP contribution in [0.2, 0.25) is 0 Å². The molecular formula is C21H29N7OS. The number of rotatable bonds is 6. The summed E-state index contributed by atoms with van der Waals surface area (Å²) in [5.41, 5.74) is 1.76. The molecule has 0 radical (unpaired) electrons. The maximum Gasteiger partial charge on any atom is 0.225 e. The van der Waals surface area contributed by atoms with E-state index in [1.165, 1.54) is 11.3 Å². The van der Waals surface area contributed by atoms with Crippen LogP contribution in [0.25, 0.3) is 10.3 Å². The third kappa shape index (κ3) is 5.62. The van der Waals surface area contributed by atoms with Crippen molar-refractivity contribution in [1.82, 2.24) is 25.3 Å². The second kappa shape index (κ2) is 8.79. The van der Waals surface area contributed by atoms with Crippen LogP contribution in [-0.4, -0.2) is 42.7 Å². The zero-order valence-corrected chi connectivity index (χ0v) is 18.5. The number of hydrogen-bond donors (Lipinski definition) is 4. The Bertz CT molecular complexity index is 959. The molecule has 0 bridgehead atoms. The summed E-state index contributed by atoms with van der Waals surface area (Å²) >= 11 is 1.50. The molecule has 0 aromatic carbocycles. The molecule has 3 heterocycles. The van der Waals surface area contributed by atoms with Gasteiger partial charge in [-0.25, -0.2) is 15.0 Å². The predicted molar refractivity (Wildman–Crippen MR) is 121 cm³/mol. The minimum Gasteiger partial charge on any atom is -0.393 e.